The molecule has 1 fully saturated rings. The van der Waals surface area contributed by atoms with Crippen LogP contribution in [0.2, 0.25) is 0 Å². The number of amides is 1. The van der Waals surface area contributed by atoms with Crippen LogP contribution in [0.5, 0.6) is 0 Å². The van der Waals surface area contributed by atoms with Crippen molar-refractivity contribution in [2.75, 3.05) is 45.6 Å². The molecule has 0 unspecified atom stereocenters. The van der Waals surface area contributed by atoms with Crippen LogP contribution in [-0.4, -0.2) is 75.6 Å². The van der Waals surface area contributed by atoms with Gasteiger partial charge in [0.2, 0.25) is 5.91 Å². The van der Waals surface area contributed by atoms with E-state index in [9.17, 15) is 18.0 Å². The Morgan fingerprint density at radius 3 is 1.76 bits per heavy atom. The van der Waals surface area contributed by atoms with Crippen LogP contribution in [0.25, 0.3) is 0 Å². The molecule has 0 bridgehead atoms. The van der Waals surface area contributed by atoms with Crippen LogP contribution in [0.15, 0.2) is 0 Å². The first-order chi connectivity index (χ1) is 17.7. The molecule has 10 heteroatoms. The first-order valence-corrected chi connectivity index (χ1v) is 16.3. The average Bonchev–Trinajstić information content (AvgIpc) is 2.84. The minimum atomic E-state index is -3.67. The first kappa shape index (κ1) is 35.6. The van der Waals surface area contributed by atoms with Crippen molar-refractivity contribution in [1.82, 2.24) is 10.2 Å². The van der Waals surface area contributed by atoms with E-state index >= 15 is 0 Å². The van der Waals surface area contributed by atoms with Crippen LogP contribution in [0.4, 0.5) is 4.79 Å². The van der Waals surface area contributed by atoms with Gasteiger partial charge in [0.05, 0.1) is 12.8 Å². The van der Waals surface area contributed by atoms with Crippen molar-refractivity contribution >= 4 is 22.2 Å². The second kappa shape index (κ2) is 24.9. The number of likely N-dealkylation sites (tertiary alicyclic amines) is 1. The molecule has 0 radical (unpaired) electrons. The van der Waals surface area contributed by atoms with Crippen LogP contribution >= 0.6 is 0 Å². The number of ether oxygens (including phenoxy) is 2. The lowest BCUT2D eigenvalue weighted by Crippen LogP contribution is -2.33. The van der Waals surface area contributed by atoms with E-state index in [0.29, 0.717) is 25.8 Å². The minimum Gasteiger partial charge on any atom is -0.433 e. The fraction of sp³-hybridized carbons (Fsp3) is 0.926. The van der Waals surface area contributed by atoms with Crippen molar-refractivity contribution in [3.63, 3.8) is 0 Å². The number of hydrogen-bond donors (Lipinski definition) is 2. The van der Waals surface area contributed by atoms with Gasteiger partial charge >= 0.3 is 6.16 Å². The quantitative estimate of drug-likeness (QED) is 0.112. The summed E-state index contributed by atoms with van der Waals surface area (Å²) in [6, 6.07) is 0. The van der Waals surface area contributed by atoms with E-state index < -0.39 is 16.3 Å². The third-order valence-electron chi connectivity index (χ3n) is 6.23. The van der Waals surface area contributed by atoms with E-state index in [2.05, 4.69) is 17.1 Å². The Morgan fingerprint density at radius 1 is 0.784 bits per heavy atom. The maximum absolute atomic E-state index is 11.8. The molecule has 0 aromatic heterocycles. The van der Waals surface area contributed by atoms with Gasteiger partial charge in [0.25, 0.3) is 10.1 Å². The van der Waals surface area contributed by atoms with Crippen LogP contribution in [0.3, 0.4) is 0 Å². The number of piperidine rings is 1. The third-order valence-corrected chi connectivity index (χ3v) is 6.23. The van der Waals surface area contributed by atoms with Crippen LogP contribution in [-0.2, 0) is 24.4 Å². The lowest BCUT2D eigenvalue weighted by atomic mass is 10.0. The third kappa shape index (κ3) is 30.7. The molecule has 1 aliphatic heterocycles. The topological polar surface area (TPSA) is 122 Å². The van der Waals surface area contributed by atoms with Gasteiger partial charge in [0.15, 0.2) is 0 Å². The normalized spacial score (nSPS) is 13.9. The summed E-state index contributed by atoms with van der Waals surface area (Å²) in [4.78, 5) is 25.7. The number of rotatable bonds is 20. The van der Waals surface area contributed by atoms with Gasteiger partial charge in [-0.05, 0) is 32.4 Å². The SMILES string of the molecule is CCCCCCCCCCCCCCCC(=O)NCCOC(=O)OCCN1CCCCC1.CS(=O)(=O)O. The van der Waals surface area contributed by atoms with E-state index in [1.54, 1.807) is 0 Å². The molecule has 0 spiro atoms. The number of nitrogens with one attached hydrogen (secondary N) is 1. The molecular formula is C27H54N2O7S. The van der Waals surface area contributed by atoms with E-state index in [4.69, 9.17) is 14.0 Å². The molecule has 9 nitrogen and oxygen atoms in total. The maximum Gasteiger partial charge on any atom is 0.508 e. The highest BCUT2D eigenvalue weighted by Gasteiger charge is 2.11. The van der Waals surface area contributed by atoms with Crippen molar-refractivity contribution in [3.05, 3.63) is 0 Å². The maximum atomic E-state index is 11.8. The molecule has 0 aromatic rings. The average molecular weight is 551 g/mol. The molecule has 1 rings (SSSR count). The van der Waals surface area contributed by atoms with Crippen LogP contribution in [0.1, 0.15) is 116 Å². The van der Waals surface area contributed by atoms with Crippen molar-refractivity contribution in [1.29, 1.82) is 0 Å². The van der Waals surface area contributed by atoms with Crippen molar-refractivity contribution in [3.8, 4) is 0 Å². The Hall–Kier alpha value is -1.39. The molecule has 1 saturated heterocycles. The number of unbranched alkanes of at least 4 members (excludes halogenated alkanes) is 12. The first-order valence-electron chi connectivity index (χ1n) is 14.4. The van der Waals surface area contributed by atoms with Gasteiger partial charge in [-0.15, -0.1) is 0 Å². The van der Waals surface area contributed by atoms with Crippen LogP contribution in [0, 0.1) is 0 Å². The lowest BCUT2D eigenvalue weighted by molar-refractivity contribution is -0.121. The summed E-state index contributed by atoms with van der Waals surface area (Å²) in [5.74, 6) is 0.0372. The Balaban J connectivity index is 0.00000235. The molecule has 2 N–H and O–H groups in total. The number of hydrogen-bond acceptors (Lipinski definition) is 7. The highest BCUT2D eigenvalue weighted by atomic mass is 32.2. The van der Waals surface area contributed by atoms with Crippen molar-refractivity contribution in [2.24, 2.45) is 0 Å². The predicted octanol–water partition coefficient (Wildman–Crippen LogP) is 5.73. The zero-order valence-electron chi connectivity index (χ0n) is 23.5. The largest absolute Gasteiger partial charge is 0.508 e. The fourth-order valence-corrected chi connectivity index (χ4v) is 4.20. The van der Waals surface area contributed by atoms with Gasteiger partial charge in [-0.2, -0.15) is 8.42 Å². The Morgan fingerprint density at radius 2 is 1.24 bits per heavy atom. The fourth-order valence-electron chi connectivity index (χ4n) is 4.20. The second-order valence-electron chi connectivity index (χ2n) is 9.92. The summed E-state index contributed by atoms with van der Waals surface area (Å²) >= 11 is 0. The minimum absolute atomic E-state index is 0.0372. The molecule has 1 aliphatic rings. The standard InChI is InChI=1S/C26H50N2O4.CH4O3S/c1-2-3-4-5-6-7-8-9-10-11-12-13-15-18-25(29)27-19-23-31-26(30)32-24-22-28-20-16-14-17-21-28;1-5(2,3)4/h2-24H2,1H3,(H,27,29);1H3,(H,2,3,4). The van der Waals surface area contributed by atoms with E-state index in [0.717, 1.165) is 32.5 Å². The monoisotopic (exact) mass is 550 g/mol. The Kier molecular flexibility index (Phi) is 24.0. The summed E-state index contributed by atoms with van der Waals surface area (Å²) in [5, 5.41) is 2.81. The van der Waals surface area contributed by atoms with E-state index in [1.165, 1.54) is 89.9 Å². The van der Waals surface area contributed by atoms with E-state index in [-0.39, 0.29) is 12.5 Å². The molecule has 1 amide bonds. The molecular weight excluding hydrogens is 496 g/mol. The molecule has 0 aliphatic carbocycles. The van der Waals surface area contributed by atoms with Crippen molar-refractivity contribution < 1.29 is 32.0 Å². The summed E-state index contributed by atoms with van der Waals surface area (Å²) in [5.41, 5.74) is 0. The summed E-state index contributed by atoms with van der Waals surface area (Å²) in [6.45, 7) is 6.08. The Bertz CT molecular complexity index is 645. The van der Waals surface area contributed by atoms with Gasteiger partial charge < -0.3 is 14.8 Å². The van der Waals surface area contributed by atoms with Gasteiger partial charge in [-0.1, -0.05) is 90.4 Å². The number of carbonyl (C=O) groups excluding carboxylic acids is 2. The molecule has 0 atom stereocenters. The summed E-state index contributed by atoms with van der Waals surface area (Å²) in [6.07, 6.45) is 21.3. The van der Waals surface area contributed by atoms with Gasteiger partial charge in [0, 0.05) is 13.0 Å². The molecule has 1 heterocycles. The number of nitrogens with zero attached hydrogens (tertiary/aromatic N) is 1. The highest BCUT2D eigenvalue weighted by Crippen LogP contribution is 2.13. The van der Waals surface area contributed by atoms with E-state index in [1.807, 2.05) is 0 Å². The summed E-state index contributed by atoms with van der Waals surface area (Å²) in [7, 11) is -3.67. The van der Waals surface area contributed by atoms with Gasteiger partial charge in [-0.3, -0.25) is 14.2 Å². The zero-order chi connectivity index (χ0) is 27.6. The molecule has 37 heavy (non-hydrogen) atoms. The Labute approximate surface area is 226 Å². The molecule has 220 valence electrons. The van der Waals surface area contributed by atoms with Gasteiger partial charge in [0.1, 0.15) is 13.2 Å². The zero-order valence-corrected chi connectivity index (χ0v) is 24.3. The predicted molar refractivity (Wildman–Crippen MR) is 148 cm³/mol. The molecule has 0 saturated carbocycles. The summed E-state index contributed by atoms with van der Waals surface area (Å²) < 4.78 is 36.0. The highest BCUT2D eigenvalue weighted by molar-refractivity contribution is 7.85. The lowest BCUT2D eigenvalue weighted by Gasteiger charge is -2.25. The second-order valence-corrected chi connectivity index (χ2v) is 11.4. The number of carbonyl (C=O) groups is 2. The van der Waals surface area contributed by atoms with Crippen molar-refractivity contribution in [2.45, 2.75) is 116 Å². The smallest absolute Gasteiger partial charge is 0.433 e. The van der Waals surface area contributed by atoms with Crippen LogP contribution < -0.4 is 5.32 Å². The van der Waals surface area contributed by atoms with Gasteiger partial charge in [-0.25, -0.2) is 4.79 Å². The molecule has 0 aromatic carbocycles.